The normalized spacial score (nSPS) is 11.2. The summed E-state index contributed by atoms with van der Waals surface area (Å²) in [5, 5.41) is 16.7. The molecular weight excluding hydrogens is 278 g/mol. The molecule has 0 aliphatic carbocycles. The Kier molecular flexibility index (Phi) is 6.05. The SMILES string of the molecule is C#CCn1ncc(Cl)c(NCC(CC)(CC)CO)c1=O. The topological polar surface area (TPSA) is 67.2 Å². The van der Waals surface area contributed by atoms with Crippen LogP contribution >= 0.6 is 11.6 Å². The first-order valence-electron chi connectivity index (χ1n) is 6.57. The number of nitrogens with zero attached hydrogens (tertiary/aromatic N) is 2. The third kappa shape index (κ3) is 3.53. The van der Waals surface area contributed by atoms with Gasteiger partial charge in [0.05, 0.1) is 17.8 Å². The zero-order valence-electron chi connectivity index (χ0n) is 11.8. The first kappa shape index (κ1) is 16.5. The van der Waals surface area contributed by atoms with Crippen molar-refractivity contribution in [3.8, 4) is 12.3 Å². The second-order valence-electron chi connectivity index (χ2n) is 4.75. The summed E-state index contributed by atoms with van der Waals surface area (Å²) in [6.07, 6.45) is 8.18. The van der Waals surface area contributed by atoms with Crippen LogP contribution in [-0.2, 0) is 6.54 Å². The molecule has 0 aliphatic heterocycles. The van der Waals surface area contributed by atoms with E-state index in [-0.39, 0.29) is 34.8 Å². The molecule has 0 saturated carbocycles. The minimum atomic E-state index is -0.352. The molecule has 0 atom stereocenters. The minimum Gasteiger partial charge on any atom is -0.396 e. The molecule has 0 fully saturated rings. The van der Waals surface area contributed by atoms with Crippen LogP contribution in [0.15, 0.2) is 11.0 Å². The van der Waals surface area contributed by atoms with E-state index in [0.29, 0.717) is 6.54 Å². The molecule has 0 unspecified atom stereocenters. The van der Waals surface area contributed by atoms with E-state index in [0.717, 1.165) is 12.8 Å². The Morgan fingerprint density at radius 3 is 2.70 bits per heavy atom. The summed E-state index contributed by atoms with van der Waals surface area (Å²) in [6, 6.07) is 0. The molecule has 1 aromatic heterocycles. The van der Waals surface area contributed by atoms with E-state index in [1.54, 1.807) is 0 Å². The number of nitrogens with one attached hydrogen (secondary N) is 1. The lowest BCUT2D eigenvalue weighted by molar-refractivity contribution is 0.127. The highest BCUT2D eigenvalue weighted by atomic mass is 35.5. The van der Waals surface area contributed by atoms with Crippen LogP contribution in [0.3, 0.4) is 0 Å². The number of halogens is 1. The van der Waals surface area contributed by atoms with Gasteiger partial charge in [-0.2, -0.15) is 5.10 Å². The summed E-state index contributed by atoms with van der Waals surface area (Å²) in [5.74, 6) is 2.37. The molecule has 0 radical (unpaired) electrons. The molecule has 0 aliphatic rings. The zero-order valence-corrected chi connectivity index (χ0v) is 12.6. The molecule has 0 bridgehead atoms. The number of aromatic nitrogens is 2. The average molecular weight is 298 g/mol. The first-order valence-corrected chi connectivity index (χ1v) is 6.95. The van der Waals surface area contributed by atoms with E-state index in [1.165, 1.54) is 10.9 Å². The maximum Gasteiger partial charge on any atom is 0.292 e. The molecule has 1 rings (SSSR count). The van der Waals surface area contributed by atoms with Crippen LogP contribution in [0.25, 0.3) is 0 Å². The van der Waals surface area contributed by atoms with Crippen molar-refractivity contribution in [1.29, 1.82) is 0 Å². The molecular formula is C14H20ClN3O2. The Balaban J connectivity index is 3.01. The van der Waals surface area contributed by atoms with E-state index in [9.17, 15) is 9.90 Å². The third-order valence-electron chi connectivity index (χ3n) is 3.71. The summed E-state index contributed by atoms with van der Waals surface area (Å²) in [5.41, 5.74) is -0.346. The van der Waals surface area contributed by atoms with Crippen molar-refractivity contribution in [1.82, 2.24) is 9.78 Å². The fraction of sp³-hybridized carbons (Fsp3) is 0.571. The monoisotopic (exact) mass is 297 g/mol. The molecule has 5 nitrogen and oxygen atoms in total. The van der Waals surface area contributed by atoms with Gasteiger partial charge in [-0.15, -0.1) is 6.42 Å². The molecule has 1 heterocycles. The smallest absolute Gasteiger partial charge is 0.292 e. The van der Waals surface area contributed by atoms with Crippen LogP contribution in [0.5, 0.6) is 0 Å². The van der Waals surface area contributed by atoms with E-state index >= 15 is 0 Å². The number of aliphatic hydroxyl groups excluding tert-OH is 1. The summed E-state index contributed by atoms with van der Waals surface area (Å²) >= 11 is 6.01. The predicted molar refractivity (Wildman–Crippen MR) is 80.9 cm³/mol. The quantitative estimate of drug-likeness (QED) is 0.752. The number of anilines is 1. The molecule has 6 heteroatoms. The van der Waals surface area contributed by atoms with Crippen LogP contribution in [0.4, 0.5) is 5.69 Å². The van der Waals surface area contributed by atoms with Gasteiger partial charge >= 0.3 is 0 Å². The third-order valence-corrected chi connectivity index (χ3v) is 4.00. The van der Waals surface area contributed by atoms with Gasteiger partial charge in [-0.25, -0.2) is 4.68 Å². The summed E-state index contributed by atoms with van der Waals surface area (Å²) in [4.78, 5) is 12.2. The molecule has 0 amide bonds. The molecule has 1 aromatic rings. The van der Waals surface area contributed by atoms with Crippen molar-refractivity contribution >= 4 is 17.3 Å². The summed E-state index contributed by atoms with van der Waals surface area (Å²) in [6.45, 7) is 4.62. The zero-order chi connectivity index (χ0) is 15.2. The van der Waals surface area contributed by atoms with Gasteiger partial charge in [0, 0.05) is 12.0 Å². The summed E-state index contributed by atoms with van der Waals surface area (Å²) in [7, 11) is 0. The van der Waals surface area contributed by atoms with Gasteiger partial charge in [0.15, 0.2) is 0 Å². The van der Waals surface area contributed by atoms with Crippen molar-refractivity contribution in [3.05, 3.63) is 21.6 Å². The molecule has 20 heavy (non-hydrogen) atoms. The van der Waals surface area contributed by atoms with Crippen LogP contribution < -0.4 is 10.9 Å². The Labute approximate surface area is 124 Å². The van der Waals surface area contributed by atoms with E-state index in [1.807, 2.05) is 13.8 Å². The number of hydrogen-bond donors (Lipinski definition) is 2. The van der Waals surface area contributed by atoms with Gasteiger partial charge < -0.3 is 10.4 Å². The maximum atomic E-state index is 12.2. The van der Waals surface area contributed by atoms with Crippen LogP contribution in [0, 0.1) is 17.8 Å². The predicted octanol–water partition coefficient (Wildman–Crippen LogP) is 1.74. The van der Waals surface area contributed by atoms with Crippen molar-refractivity contribution < 1.29 is 5.11 Å². The van der Waals surface area contributed by atoms with Gasteiger partial charge in [0.2, 0.25) is 0 Å². The van der Waals surface area contributed by atoms with Gasteiger partial charge in [-0.05, 0) is 12.8 Å². The van der Waals surface area contributed by atoms with Crippen LogP contribution in [-0.4, -0.2) is 28.0 Å². The van der Waals surface area contributed by atoms with Crippen LogP contribution in [0.1, 0.15) is 26.7 Å². The van der Waals surface area contributed by atoms with E-state index in [2.05, 4.69) is 16.3 Å². The standard InChI is InChI=1S/C14H20ClN3O2/c1-4-7-18-13(20)12(11(15)8-17-18)16-9-14(5-2,6-3)10-19/h1,8,16,19H,5-7,9-10H2,2-3H3. The molecule has 2 N–H and O–H groups in total. The first-order chi connectivity index (χ1) is 9.53. The lowest BCUT2D eigenvalue weighted by Gasteiger charge is -2.30. The molecule has 0 aromatic carbocycles. The second kappa shape index (κ2) is 7.32. The van der Waals surface area contributed by atoms with Crippen molar-refractivity contribution in [2.45, 2.75) is 33.2 Å². The van der Waals surface area contributed by atoms with Crippen molar-refractivity contribution in [2.24, 2.45) is 5.41 Å². The van der Waals surface area contributed by atoms with Crippen LogP contribution in [0.2, 0.25) is 5.02 Å². The van der Waals surface area contributed by atoms with Gasteiger partial charge in [0.1, 0.15) is 12.2 Å². The Hall–Kier alpha value is -1.51. The highest BCUT2D eigenvalue weighted by Gasteiger charge is 2.25. The highest BCUT2D eigenvalue weighted by Crippen LogP contribution is 2.26. The Morgan fingerprint density at radius 1 is 1.55 bits per heavy atom. The Bertz CT molecular complexity index is 536. The summed E-state index contributed by atoms with van der Waals surface area (Å²) < 4.78 is 1.17. The number of aliphatic hydroxyl groups is 1. The average Bonchev–Trinajstić information content (AvgIpc) is 2.47. The van der Waals surface area contributed by atoms with E-state index in [4.69, 9.17) is 18.0 Å². The molecule has 0 saturated heterocycles. The number of rotatable bonds is 7. The number of terminal acetylenes is 1. The fourth-order valence-electron chi connectivity index (χ4n) is 1.88. The lowest BCUT2D eigenvalue weighted by Crippen LogP contribution is -2.35. The van der Waals surface area contributed by atoms with Crippen molar-refractivity contribution in [3.63, 3.8) is 0 Å². The number of hydrogen-bond acceptors (Lipinski definition) is 4. The largest absolute Gasteiger partial charge is 0.396 e. The molecule has 110 valence electrons. The van der Waals surface area contributed by atoms with Gasteiger partial charge in [0.25, 0.3) is 5.56 Å². The second-order valence-corrected chi connectivity index (χ2v) is 5.16. The van der Waals surface area contributed by atoms with Gasteiger partial charge in [-0.1, -0.05) is 31.4 Å². The Morgan fingerprint density at radius 2 is 2.20 bits per heavy atom. The van der Waals surface area contributed by atoms with E-state index < -0.39 is 0 Å². The van der Waals surface area contributed by atoms with Crippen molar-refractivity contribution in [2.75, 3.05) is 18.5 Å². The lowest BCUT2D eigenvalue weighted by atomic mass is 9.83. The highest BCUT2D eigenvalue weighted by molar-refractivity contribution is 6.32. The minimum absolute atomic E-state index is 0.0498. The van der Waals surface area contributed by atoms with Gasteiger partial charge in [-0.3, -0.25) is 4.79 Å². The fourth-order valence-corrected chi connectivity index (χ4v) is 2.07. The molecule has 0 spiro atoms. The maximum absolute atomic E-state index is 12.2.